The van der Waals surface area contributed by atoms with Gasteiger partial charge in [-0.05, 0) is 37.3 Å². The van der Waals surface area contributed by atoms with E-state index in [1.165, 1.54) is 4.88 Å². The number of nitrogens with zero attached hydrogens (tertiary/aromatic N) is 6. The minimum atomic E-state index is -0.158. The molecule has 0 bridgehead atoms. The highest BCUT2D eigenvalue weighted by molar-refractivity contribution is 7.15. The van der Waals surface area contributed by atoms with Gasteiger partial charge in [0.25, 0.3) is 0 Å². The summed E-state index contributed by atoms with van der Waals surface area (Å²) in [5.41, 5.74) is 6.69. The van der Waals surface area contributed by atoms with Gasteiger partial charge in [0, 0.05) is 40.3 Å². The summed E-state index contributed by atoms with van der Waals surface area (Å²) in [5, 5.41) is 21.5. The molecular formula is C22H18N8OS. The van der Waals surface area contributed by atoms with Gasteiger partial charge in [-0.3, -0.25) is 9.78 Å². The Hall–Kier alpha value is -3.89. The maximum absolute atomic E-state index is 9.66. The van der Waals surface area contributed by atoms with Crippen molar-refractivity contribution in [3.8, 4) is 33.2 Å². The first-order chi connectivity index (χ1) is 15.6. The number of aromatic nitrogens is 8. The quantitative estimate of drug-likeness (QED) is 0.382. The second-order valence-corrected chi connectivity index (χ2v) is 8.83. The molecule has 0 amide bonds. The Bertz CT molecular complexity index is 1610. The van der Waals surface area contributed by atoms with Crippen molar-refractivity contribution in [1.29, 1.82) is 0 Å². The molecule has 6 aromatic rings. The minimum Gasteiger partial charge on any atom is -0.390 e. The van der Waals surface area contributed by atoms with Crippen molar-refractivity contribution in [3.63, 3.8) is 0 Å². The van der Waals surface area contributed by atoms with E-state index in [4.69, 9.17) is 9.97 Å². The number of nitrogens with one attached hydrogen (secondary N) is 2. The maximum atomic E-state index is 9.66. The summed E-state index contributed by atoms with van der Waals surface area (Å²) in [5.74, 6) is 0.595. The summed E-state index contributed by atoms with van der Waals surface area (Å²) in [6, 6.07) is 10.00. The van der Waals surface area contributed by atoms with E-state index in [1.54, 1.807) is 22.2 Å². The van der Waals surface area contributed by atoms with E-state index < -0.39 is 0 Å². The molecule has 0 atom stereocenters. The molecule has 0 aliphatic rings. The van der Waals surface area contributed by atoms with Crippen LogP contribution in [0.1, 0.15) is 10.6 Å². The first kappa shape index (κ1) is 18.8. The van der Waals surface area contributed by atoms with Crippen LogP contribution in [0.5, 0.6) is 0 Å². The fourth-order valence-corrected chi connectivity index (χ4v) is 4.77. The maximum Gasteiger partial charge on any atom is 0.162 e. The van der Waals surface area contributed by atoms with Gasteiger partial charge in [0.2, 0.25) is 0 Å². The molecule has 6 rings (SSSR count). The number of aliphatic hydroxyl groups excluding tert-OH is 1. The van der Waals surface area contributed by atoms with Crippen LogP contribution in [0.25, 0.3) is 55.4 Å². The predicted molar refractivity (Wildman–Crippen MR) is 123 cm³/mol. The van der Waals surface area contributed by atoms with Crippen molar-refractivity contribution >= 4 is 33.5 Å². The highest BCUT2D eigenvalue weighted by Crippen LogP contribution is 2.34. The van der Waals surface area contributed by atoms with E-state index in [2.05, 4.69) is 44.3 Å². The Morgan fingerprint density at radius 2 is 1.97 bits per heavy atom. The SMILES string of the molecule is Cc1ccc(-c2ccnc3[nH]c(-c4n[nH]c5ccc(-c6cn(C)nc6CO)nc45)nc23)s1. The predicted octanol–water partition coefficient (Wildman–Crippen LogP) is 3.83. The summed E-state index contributed by atoms with van der Waals surface area (Å²) in [4.78, 5) is 19.8. The Morgan fingerprint density at radius 1 is 1.06 bits per heavy atom. The van der Waals surface area contributed by atoms with Crippen molar-refractivity contribution in [2.24, 2.45) is 7.05 Å². The van der Waals surface area contributed by atoms with Crippen LogP contribution in [-0.2, 0) is 13.7 Å². The van der Waals surface area contributed by atoms with Gasteiger partial charge in [0.15, 0.2) is 17.2 Å². The molecule has 0 aliphatic heterocycles. The molecule has 0 saturated carbocycles. The molecule has 10 heteroatoms. The van der Waals surface area contributed by atoms with Gasteiger partial charge < -0.3 is 10.1 Å². The zero-order valence-electron chi connectivity index (χ0n) is 17.3. The number of imidazole rings is 1. The normalized spacial score (nSPS) is 11.7. The molecule has 158 valence electrons. The number of hydrogen-bond donors (Lipinski definition) is 3. The molecule has 0 radical (unpaired) electrons. The summed E-state index contributed by atoms with van der Waals surface area (Å²) in [7, 11) is 1.82. The lowest BCUT2D eigenvalue weighted by atomic mass is 10.1. The third-order valence-electron chi connectivity index (χ3n) is 5.35. The third-order valence-corrected chi connectivity index (χ3v) is 6.39. The number of pyridine rings is 2. The van der Waals surface area contributed by atoms with Crippen LogP contribution in [0.3, 0.4) is 0 Å². The Labute approximate surface area is 185 Å². The summed E-state index contributed by atoms with van der Waals surface area (Å²) < 4.78 is 1.67. The van der Waals surface area contributed by atoms with Gasteiger partial charge in [-0.15, -0.1) is 11.3 Å². The van der Waals surface area contributed by atoms with Crippen LogP contribution in [0.15, 0.2) is 42.7 Å². The molecule has 0 aliphatic carbocycles. The zero-order chi connectivity index (χ0) is 21.8. The molecule has 6 heterocycles. The number of hydrogen-bond acceptors (Lipinski definition) is 7. The van der Waals surface area contributed by atoms with Crippen molar-refractivity contribution in [1.82, 2.24) is 39.9 Å². The monoisotopic (exact) mass is 442 g/mol. The number of aromatic amines is 2. The molecule has 0 saturated heterocycles. The molecule has 0 unspecified atom stereocenters. The van der Waals surface area contributed by atoms with E-state index in [0.717, 1.165) is 27.0 Å². The summed E-state index contributed by atoms with van der Waals surface area (Å²) in [6.07, 6.45) is 3.63. The van der Waals surface area contributed by atoms with Gasteiger partial charge >= 0.3 is 0 Å². The van der Waals surface area contributed by atoms with Crippen LogP contribution in [0.2, 0.25) is 0 Å². The van der Waals surface area contributed by atoms with Gasteiger partial charge in [0.05, 0.1) is 23.5 Å². The van der Waals surface area contributed by atoms with Gasteiger partial charge in [0.1, 0.15) is 11.0 Å². The number of rotatable bonds is 4. The van der Waals surface area contributed by atoms with Gasteiger partial charge in [-0.2, -0.15) is 10.2 Å². The number of fused-ring (bicyclic) bond motifs is 2. The van der Waals surface area contributed by atoms with E-state index in [1.807, 2.05) is 31.4 Å². The number of aliphatic hydroxyl groups is 1. The highest BCUT2D eigenvalue weighted by Gasteiger charge is 2.19. The Kier molecular flexibility index (Phi) is 4.17. The van der Waals surface area contributed by atoms with E-state index in [-0.39, 0.29) is 6.61 Å². The first-order valence-electron chi connectivity index (χ1n) is 10.0. The van der Waals surface area contributed by atoms with Crippen molar-refractivity contribution < 1.29 is 5.11 Å². The van der Waals surface area contributed by atoms with Crippen LogP contribution in [-0.4, -0.2) is 45.0 Å². The van der Waals surface area contributed by atoms with Crippen LogP contribution in [0, 0.1) is 6.92 Å². The van der Waals surface area contributed by atoms with Crippen molar-refractivity contribution in [3.05, 3.63) is 53.3 Å². The van der Waals surface area contributed by atoms with E-state index in [0.29, 0.717) is 34.1 Å². The second-order valence-electron chi connectivity index (χ2n) is 7.54. The first-order valence-corrected chi connectivity index (χ1v) is 10.8. The molecule has 32 heavy (non-hydrogen) atoms. The number of thiophene rings is 1. The average Bonchev–Trinajstić information content (AvgIpc) is 3.57. The van der Waals surface area contributed by atoms with Crippen molar-refractivity contribution in [2.75, 3.05) is 0 Å². The standard InChI is InChI=1S/C22H18N8OS/c1-11-3-6-17(32-11)12-7-8-23-21-18(12)25-22(26-21)20-19-15(27-28-20)5-4-14(24-19)13-9-30(2)29-16(13)10-31/h3-9,31H,10H2,1-2H3,(H,27,28)(H,23,25,26). The molecule has 9 nitrogen and oxygen atoms in total. The lowest BCUT2D eigenvalue weighted by Crippen LogP contribution is -1.91. The molecule has 0 fully saturated rings. The highest BCUT2D eigenvalue weighted by atomic mass is 32.1. The third kappa shape index (κ3) is 2.92. The molecule has 0 spiro atoms. The summed E-state index contributed by atoms with van der Waals surface area (Å²) in [6.45, 7) is 1.93. The van der Waals surface area contributed by atoms with E-state index >= 15 is 0 Å². The van der Waals surface area contributed by atoms with Crippen LogP contribution in [0.4, 0.5) is 0 Å². The Balaban J connectivity index is 1.51. The largest absolute Gasteiger partial charge is 0.390 e. The minimum absolute atomic E-state index is 0.158. The van der Waals surface area contributed by atoms with Crippen LogP contribution < -0.4 is 0 Å². The van der Waals surface area contributed by atoms with Gasteiger partial charge in [-0.25, -0.2) is 15.0 Å². The zero-order valence-corrected chi connectivity index (χ0v) is 18.1. The van der Waals surface area contributed by atoms with Gasteiger partial charge in [-0.1, -0.05) is 0 Å². The van der Waals surface area contributed by atoms with E-state index in [9.17, 15) is 5.11 Å². The summed E-state index contributed by atoms with van der Waals surface area (Å²) >= 11 is 1.73. The smallest absolute Gasteiger partial charge is 0.162 e. The number of aryl methyl sites for hydroxylation is 2. The Morgan fingerprint density at radius 3 is 2.78 bits per heavy atom. The molecule has 6 aromatic heterocycles. The lowest BCUT2D eigenvalue weighted by molar-refractivity contribution is 0.276. The molecule has 0 aromatic carbocycles. The number of H-pyrrole nitrogens is 2. The van der Waals surface area contributed by atoms with Crippen molar-refractivity contribution in [2.45, 2.75) is 13.5 Å². The molecule has 3 N–H and O–H groups in total. The fraction of sp³-hybridized carbons (Fsp3) is 0.136. The fourth-order valence-electron chi connectivity index (χ4n) is 3.88. The lowest BCUT2D eigenvalue weighted by Gasteiger charge is -2.00. The molecular weight excluding hydrogens is 424 g/mol. The van der Waals surface area contributed by atoms with Crippen LogP contribution >= 0.6 is 11.3 Å². The average molecular weight is 443 g/mol. The topological polar surface area (TPSA) is 121 Å². The second kappa shape index (κ2) is 7.08.